The van der Waals surface area contributed by atoms with E-state index in [9.17, 15) is 9.59 Å². The number of ether oxygens (including phenoxy) is 1. The number of hydrogen-bond donors (Lipinski definition) is 1. The van der Waals surface area contributed by atoms with E-state index >= 15 is 0 Å². The van der Waals surface area contributed by atoms with Gasteiger partial charge in [0.15, 0.2) is 0 Å². The van der Waals surface area contributed by atoms with Crippen molar-refractivity contribution in [3.8, 4) is 0 Å². The second-order valence-electron chi connectivity index (χ2n) is 8.20. The summed E-state index contributed by atoms with van der Waals surface area (Å²) in [5, 5.41) is 0. The molecule has 0 unspecified atom stereocenters. The maximum atomic E-state index is 11.7. The van der Waals surface area contributed by atoms with Crippen molar-refractivity contribution >= 4 is 11.9 Å². The lowest BCUT2D eigenvalue weighted by Crippen LogP contribution is -2.09. The van der Waals surface area contributed by atoms with Crippen molar-refractivity contribution < 1.29 is 14.3 Å². The minimum Gasteiger partial charge on any atom is -0.466 e. The third-order valence-corrected chi connectivity index (χ3v) is 5.32. The van der Waals surface area contributed by atoms with Gasteiger partial charge in [-0.2, -0.15) is 0 Å². The summed E-state index contributed by atoms with van der Waals surface area (Å²) in [7, 11) is 0. The number of hydrogen-bond acceptors (Lipinski definition) is 3. The summed E-state index contributed by atoms with van der Waals surface area (Å²) in [6.45, 7) is 2.83. The minimum absolute atomic E-state index is 0.00983. The second-order valence-corrected chi connectivity index (χ2v) is 8.20. The van der Waals surface area contributed by atoms with E-state index in [2.05, 4.69) is 6.92 Å². The third kappa shape index (κ3) is 23.0. The molecule has 2 N–H and O–H groups in total. The summed E-state index contributed by atoms with van der Waals surface area (Å²) in [4.78, 5) is 22.3. The lowest BCUT2D eigenvalue weighted by atomic mass is 10.1. The highest BCUT2D eigenvalue weighted by Crippen LogP contribution is 2.12. The van der Waals surface area contributed by atoms with Crippen molar-refractivity contribution in [1.82, 2.24) is 0 Å². The lowest BCUT2D eigenvalue weighted by molar-refractivity contribution is -0.143. The fraction of sp³-hybridized carbons (Fsp3) is 0.917. The van der Waals surface area contributed by atoms with E-state index in [4.69, 9.17) is 10.5 Å². The van der Waals surface area contributed by atoms with E-state index in [0.717, 1.165) is 38.5 Å². The number of esters is 1. The lowest BCUT2D eigenvalue weighted by Gasteiger charge is -2.05. The summed E-state index contributed by atoms with van der Waals surface area (Å²) in [6.07, 6.45) is 22.9. The Bertz CT molecular complexity index is 358. The standard InChI is InChI=1S/C24H47NO3/c1-2-3-4-5-11-15-18-21-24(27)28-22-19-16-13-10-8-6-7-9-12-14-17-20-23(25)26/h2-22H2,1H3,(H2,25,26). The first-order valence-electron chi connectivity index (χ1n) is 12.1. The Hall–Kier alpha value is -1.06. The molecule has 0 bridgehead atoms. The molecule has 0 atom stereocenters. The van der Waals surface area contributed by atoms with Crippen molar-refractivity contribution in [2.45, 2.75) is 135 Å². The van der Waals surface area contributed by atoms with E-state index in [0.29, 0.717) is 19.4 Å². The van der Waals surface area contributed by atoms with Crippen molar-refractivity contribution in [2.75, 3.05) is 6.61 Å². The molecule has 0 fully saturated rings. The van der Waals surface area contributed by atoms with E-state index < -0.39 is 0 Å². The first-order valence-corrected chi connectivity index (χ1v) is 12.1. The first kappa shape index (κ1) is 26.9. The molecule has 0 radical (unpaired) electrons. The zero-order valence-electron chi connectivity index (χ0n) is 18.7. The van der Waals surface area contributed by atoms with Crippen LogP contribution < -0.4 is 5.73 Å². The highest BCUT2D eigenvalue weighted by molar-refractivity contribution is 5.73. The summed E-state index contributed by atoms with van der Waals surface area (Å²) < 4.78 is 5.33. The van der Waals surface area contributed by atoms with E-state index in [1.54, 1.807) is 0 Å². The molecule has 4 nitrogen and oxygen atoms in total. The number of nitrogens with two attached hydrogens (primary N) is 1. The number of rotatable bonds is 22. The molecule has 0 heterocycles. The molecule has 4 heteroatoms. The van der Waals surface area contributed by atoms with Gasteiger partial charge in [0, 0.05) is 12.8 Å². The zero-order valence-corrected chi connectivity index (χ0v) is 18.7. The predicted molar refractivity (Wildman–Crippen MR) is 118 cm³/mol. The Labute approximate surface area is 174 Å². The molecule has 0 saturated heterocycles. The quantitative estimate of drug-likeness (QED) is 0.161. The Kier molecular flexibility index (Phi) is 21.4. The molecule has 166 valence electrons. The summed E-state index contributed by atoms with van der Waals surface area (Å²) in [5.41, 5.74) is 5.12. The van der Waals surface area contributed by atoms with Gasteiger partial charge in [0.05, 0.1) is 6.61 Å². The van der Waals surface area contributed by atoms with Crippen LogP contribution >= 0.6 is 0 Å². The highest BCUT2D eigenvalue weighted by atomic mass is 16.5. The average molecular weight is 398 g/mol. The molecule has 0 rings (SSSR count). The maximum Gasteiger partial charge on any atom is 0.305 e. The van der Waals surface area contributed by atoms with Crippen LogP contribution in [-0.2, 0) is 14.3 Å². The topological polar surface area (TPSA) is 69.4 Å². The summed E-state index contributed by atoms with van der Waals surface area (Å²) in [5.74, 6) is -0.188. The van der Waals surface area contributed by atoms with E-state index in [1.165, 1.54) is 77.0 Å². The Morgan fingerprint density at radius 1 is 0.571 bits per heavy atom. The van der Waals surface area contributed by atoms with Crippen LogP contribution in [0.3, 0.4) is 0 Å². The third-order valence-electron chi connectivity index (χ3n) is 5.32. The molecular formula is C24H47NO3. The smallest absolute Gasteiger partial charge is 0.305 e. The van der Waals surface area contributed by atoms with Gasteiger partial charge in [-0.25, -0.2) is 0 Å². The number of amides is 1. The molecule has 28 heavy (non-hydrogen) atoms. The van der Waals surface area contributed by atoms with Gasteiger partial charge in [0.25, 0.3) is 0 Å². The SMILES string of the molecule is CCCCCCCCCC(=O)OCCCCCCCCCCCCCC(N)=O. The van der Waals surface area contributed by atoms with Crippen molar-refractivity contribution in [3.05, 3.63) is 0 Å². The maximum absolute atomic E-state index is 11.7. The molecule has 0 aliphatic heterocycles. The Morgan fingerprint density at radius 3 is 1.43 bits per heavy atom. The molecule has 0 spiro atoms. The monoisotopic (exact) mass is 397 g/mol. The van der Waals surface area contributed by atoms with Gasteiger partial charge in [0.2, 0.25) is 5.91 Å². The molecule has 0 aromatic heterocycles. The van der Waals surface area contributed by atoms with Crippen LogP contribution in [0.2, 0.25) is 0 Å². The van der Waals surface area contributed by atoms with Crippen LogP contribution in [0.1, 0.15) is 135 Å². The molecule has 0 aliphatic rings. The Balaban J connectivity index is 3.14. The summed E-state index contributed by atoms with van der Waals surface area (Å²) in [6, 6.07) is 0. The fourth-order valence-corrected chi connectivity index (χ4v) is 3.48. The predicted octanol–water partition coefficient (Wildman–Crippen LogP) is 6.84. The molecule has 1 amide bonds. The van der Waals surface area contributed by atoms with Gasteiger partial charge < -0.3 is 10.5 Å². The molecule has 0 aromatic carbocycles. The van der Waals surface area contributed by atoms with Gasteiger partial charge in [0.1, 0.15) is 0 Å². The van der Waals surface area contributed by atoms with Crippen LogP contribution in [0, 0.1) is 0 Å². The largest absolute Gasteiger partial charge is 0.466 e. The van der Waals surface area contributed by atoms with Gasteiger partial charge in [-0.15, -0.1) is 0 Å². The number of primary amides is 1. The highest BCUT2D eigenvalue weighted by Gasteiger charge is 2.02. The van der Waals surface area contributed by atoms with Gasteiger partial charge in [-0.1, -0.05) is 103 Å². The van der Waals surface area contributed by atoms with Crippen LogP contribution in [-0.4, -0.2) is 18.5 Å². The van der Waals surface area contributed by atoms with Gasteiger partial charge in [-0.05, 0) is 19.3 Å². The van der Waals surface area contributed by atoms with Gasteiger partial charge in [-0.3, -0.25) is 9.59 Å². The fourth-order valence-electron chi connectivity index (χ4n) is 3.48. The first-order chi connectivity index (χ1) is 13.7. The molecule has 0 saturated carbocycles. The zero-order chi connectivity index (χ0) is 20.7. The van der Waals surface area contributed by atoms with Crippen LogP contribution in [0.4, 0.5) is 0 Å². The molecular weight excluding hydrogens is 350 g/mol. The van der Waals surface area contributed by atoms with Crippen molar-refractivity contribution in [3.63, 3.8) is 0 Å². The summed E-state index contributed by atoms with van der Waals surface area (Å²) >= 11 is 0. The van der Waals surface area contributed by atoms with Crippen molar-refractivity contribution in [1.29, 1.82) is 0 Å². The van der Waals surface area contributed by atoms with Crippen LogP contribution in [0.15, 0.2) is 0 Å². The van der Waals surface area contributed by atoms with Crippen molar-refractivity contribution in [2.24, 2.45) is 5.73 Å². The average Bonchev–Trinajstić information content (AvgIpc) is 2.67. The normalized spacial score (nSPS) is 10.9. The minimum atomic E-state index is -0.178. The second kappa shape index (κ2) is 22.2. The van der Waals surface area contributed by atoms with E-state index in [1.807, 2.05) is 0 Å². The molecule has 0 aliphatic carbocycles. The number of unbranched alkanes of at least 4 members (excludes halogenated alkanes) is 16. The van der Waals surface area contributed by atoms with Crippen LogP contribution in [0.25, 0.3) is 0 Å². The molecule has 0 aromatic rings. The van der Waals surface area contributed by atoms with E-state index in [-0.39, 0.29) is 11.9 Å². The Morgan fingerprint density at radius 2 is 0.964 bits per heavy atom. The number of carbonyl (C=O) groups is 2. The number of carbonyl (C=O) groups excluding carboxylic acids is 2. The van der Waals surface area contributed by atoms with Gasteiger partial charge >= 0.3 is 5.97 Å². The van der Waals surface area contributed by atoms with Crippen LogP contribution in [0.5, 0.6) is 0 Å².